The zero-order valence-corrected chi connectivity index (χ0v) is 12.3. The summed E-state index contributed by atoms with van der Waals surface area (Å²) in [7, 11) is 0. The van der Waals surface area contributed by atoms with Crippen molar-refractivity contribution in [2.75, 3.05) is 11.9 Å². The molecule has 1 nitrogen and oxygen atoms in total. The summed E-state index contributed by atoms with van der Waals surface area (Å²) in [5.74, 6) is 0.479. The van der Waals surface area contributed by atoms with E-state index in [1.807, 2.05) is 0 Å². The van der Waals surface area contributed by atoms with Crippen LogP contribution < -0.4 is 4.74 Å². The summed E-state index contributed by atoms with van der Waals surface area (Å²) in [4.78, 5) is 0.231. The van der Waals surface area contributed by atoms with Gasteiger partial charge in [-0.15, -0.1) is 0 Å². The van der Waals surface area contributed by atoms with Gasteiger partial charge in [-0.25, -0.2) is 0 Å². The Morgan fingerprint density at radius 2 is 2.06 bits per heavy atom. The van der Waals surface area contributed by atoms with Crippen molar-refractivity contribution in [2.24, 2.45) is 0 Å². The molecule has 0 aliphatic carbocycles. The van der Waals surface area contributed by atoms with Gasteiger partial charge in [0.1, 0.15) is 5.75 Å². The lowest BCUT2D eigenvalue weighted by Gasteiger charge is -2.13. The molecule has 1 aromatic rings. The minimum atomic E-state index is -4.27. The molecule has 0 atom stereocenters. The molecular formula is C12H14BrF3OS. The normalized spacial score (nSPS) is 11.6. The first kappa shape index (κ1) is 15.7. The molecule has 0 aromatic heterocycles. The highest BCUT2D eigenvalue weighted by atomic mass is 79.9. The summed E-state index contributed by atoms with van der Waals surface area (Å²) in [6.07, 6.45) is 1.43. The smallest absolute Gasteiger partial charge is 0.446 e. The first-order valence-corrected chi connectivity index (χ1v) is 7.47. The number of ether oxygens (including phenoxy) is 1. The number of benzene rings is 1. The van der Waals surface area contributed by atoms with Gasteiger partial charge < -0.3 is 4.74 Å². The van der Waals surface area contributed by atoms with Crippen LogP contribution in [-0.2, 0) is 6.42 Å². The third-order valence-corrected chi connectivity index (χ3v) is 3.55. The molecular weight excluding hydrogens is 329 g/mol. The fraction of sp³-hybridized carbons (Fsp3) is 0.500. The van der Waals surface area contributed by atoms with Gasteiger partial charge in [0.05, 0.1) is 6.61 Å². The zero-order valence-electron chi connectivity index (χ0n) is 9.89. The number of alkyl halides is 4. The molecule has 0 fully saturated rings. The van der Waals surface area contributed by atoms with Crippen LogP contribution in [0.1, 0.15) is 18.9 Å². The predicted molar refractivity (Wildman–Crippen MR) is 71.6 cm³/mol. The molecule has 102 valence electrons. The molecule has 1 aromatic carbocycles. The standard InChI is InChI=1S/C12H14BrF3OS/c1-2-17-10-6-5-9(4-3-7-13)11(8-10)18-12(14,15)16/h5-6,8H,2-4,7H2,1H3. The van der Waals surface area contributed by atoms with Crippen molar-refractivity contribution in [1.29, 1.82) is 0 Å². The van der Waals surface area contributed by atoms with Gasteiger partial charge in [0, 0.05) is 10.2 Å². The molecule has 6 heteroatoms. The third kappa shape index (κ3) is 5.52. The van der Waals surface area contributed by atoms with Gasteiger partial charge in [-0.1, -0.05) is 22.0 Å². The zero-order chi connectivity index (χ0) is 13.6. The first-order valence-electron chi connectivity index (χ1n) is 5.53. The summed E-state index contributed by atoms with van der Waals surface area (Å²) in [6, 6.07) is 4.89. The third-order valence-electron chi connectivity index (χ3n) is 2.16. The maximum Gasteiger partial charge on any atom is 0.446 e. The average Bonchev–Trinajstić information content (AvgIpc) is 2.26. The Bertz CT molecular complexity index is 382. The second kappa shape index (κ2) is 7.28. The van der Waals surface area contributed by atoms with Crippen LogP contribution >= 0.6 is 27.7 Å². The fourth-order valence-electron chi connectivity index (χ4n) is 1.47. The van der Waals surface area contributed by atoms with Crippen LogP contribution in [0, 0.1) is 0 Å². The first-order chi connectivity index (χ1) is 8.46. The van der Waals surface area contributed by atoms with E-state index in [1.54, 1.807) is 19.1 Å². The Labute approximate surface area is 117 Å². The quantitative estimate of drug-likeness (QED) is 0.530. The summed E-state index contributed by atoms with van der Waals surface area (Å²) >= 11 is 3.20. The molecule has 0 aliphatic heterocycles. The number of aryl methyl sites for hydroxylation is 1. The van der Waals surface area contributed by atoms with E-state index in [1.165, 1.54) is 6.07 Å². The van der Waals surface area contributed by atoms with Crippen LogP contribution in [0.15, 0.2) is 23.1 Å². The van der Waals surface area contributed by atoms with E-state index in [2.05, 4.69) is 15.9 Å². The van der Waals surface area contributed by atoms with Crippen molar-refractivity contribution >= 4 is 27.7 Å². The van der Waals surface area contributed by atoms with Crippen molar-refractivity contribution in [1.82, 2.24) is 0 Å². The Morgan fingerprint density at radius 3 is 2.61 bits per heavy atom. The highest BCUT2D eigenvalue weighted by Gasteiger charge is 2.30. The maximum atomic E-state index is 12.5. The van der Waals surface area contributed by atoms with Crippen molar-refractivity contribution in [3.8, 4) is 5.75 Å². The molecule has 1 rings (SSSR count). The summed E-state index contributed by atoms with van der Waals surface area (Å²) in [5.41, 5.74) is -3.56. The number of hydrogen-bond donors (Lipinski definition) is 0. The summed E-state index contributed by atoms with van der Waals surface area (Å²) < 4.78 is 42.7. The molecule has 0 N–H and O–H groups in total. The van der Waals surface area contributed by atoms with E-state index in [0.717, 1.165) is 11.8 Å². The van der Waals surface area contributed by atoms with Gasteiger partial charge in [-0.2, -0.15) is 13.2 Å². The fourth-order valence-corrected chi connectivity index (χ4v) is 2.48. The summed E-state index contributed by atoms with van der Waals surface area (Å²) in [5, 5.41) is 0.774. The van der Waals surface area contributed by atoms with E-state index in [-0.39, 0.29) is 16.7 Å². The minimum Gasteiger partial charge on any atom is -0.494 e. The van der Waals surface area contributed by atoms with Gasteiger partial charge >= 0.3 is 5.51 Å². The van der Waals surface area contributed by atoms with Gasteiger partial charge in [0.25, 0.3) is 0 Å². The van der Waals surface area contributed by atoms with Crippen molar-refractivity contribution in [3.63, 3.8) is 0 Å². The molecule has 0 saturated carbocycles. The van der Waals surface area contributed by atoms with Crippen LogP contribution in [-0.4, -0.2) is 17.4 Å². The lowest BCUT2D eigenvalue weighted by Crippen LogP contribution is -2.02. The largest absolute Gasteiger partial charge is 0.494 e. The van der Waals surface area contributed by atoms with Crippen molar-refractivity contribution < 1.29 is 17.9 Å². The Hall–Kier alpha value is -0.360. The van der Waals surface area contributed by atoms with Crippen LogP contribution in [0.25, 0.3) is 0 Å². The SMILES string of the molecule is CCOc1ccc(CCCBr)c(SC(F)(F)F)c1. The van der Waals surface area contributed by atoms with Crippen molar-refractivity contribution in [2.45, 2.75) is 30.2 Å². The Morgan fingerprint density at radius 1 is 1.33 bits per heavy atom. The molecule has 0 amide bonds. The van der Waals surface area contributed by atoms with E-state index in [9.17, 15) is 13.2 Å². The summed E-state index contributed by atoms with van der Waals surface area (Å²) in [6.45, 7) is 2.24. The molecule has 0 unspecified atom stereocenters. The Balaban J connectivity index is 2.94. The molecule has 18 heavy (non-hydrogen) atoms. The number of thioether (sulfide) groups is 1. The highest BCUT2D eigenvalue weighted by Crippen LogP contribution is 2.40. The van der Waals surface area contributed by atoms with E-state index in [4.69, 9.17) is 4.74 Å². The number of halogens is 4. The number of hydrogen-bond acceptors (Lipinski definition) is 2. The Kier molecular flexibility index (Phi) is 6.35. The lowest BCUT2D eigenvalue weighted by molar-refractivity contribution is -0.0328. The second-order valence-corrected chi connectivity index (χ2v) is 5.44. The van der Waals surface area contributed by atoms with Gasteiger partial charge in [0.15, 0.2) is 0 Å². The van der Waals surface area contributed by atoms with E-state index < -0.39 is 5.51 Å². The van der Waals surface area contributed by atoms with Crippen molar-refractivity contribution in [3.05, 3.63) is 23.8 Å². The minimum absolute atomic E-state index is 0.0775. The monoisotopic (exact) mass is 342 g/mol. The molecule has 0 heterocycles. The van der Waals surface area contributed by atoms with Gasteiger partial charge in [0.2, 0.25) is 0 Å². The molecule has 0 saturated heterocycles. The number of rotatable bonds is 6. The predicted octanol–water partition coefficient (Wildman–Crippen LogP) is 5.02. The van der Waals surface area contributed by atoms with Crippen LogP contribution in [0.5, 0.6) is 5.75 Å². The average molecular weight is 343 g/mol. The highest BCUT2D eigenvalue weighted by molar-refractivity contribution is 9.09. The van der Waals surface area contributed by atoms with Crippen LogP contribution in [0.4, 0.5) is 13.2 Å². The van der Waals surface area contributed by atoms with Gasteiger partial charge in [-0.05, 0) is 49.2 Å². The molecule has 0 radical (unpaired) electrons. The van der Waals surface area contributed by atoms with Crippen LogP contribution in [0.3, 0.4) is 0 Å². The molecule has 0 aliphatic rings. The molecule has 0 bridgehead atoms. The van der Waals surface area contributed by atoms with Crippen LogP contribution in [0.2, 0.25) is 0 Å². The molecule has 0 spiro atoms. The van der Waals surface area contributed by atoms with E-state index >= 15 is 0 Å². The van der Waals surface area contributed by atoms with E-state index in [0.29, 0.717) is 24.3 Å². The maximum absolute atomic E-state index is 12.5. The second-order valence-electron chi connectivity index (χ2n) is 3.54. The lowest BCUT2D eigenvalue weighted by atomic mass is 10.1. The van der Waals surface area contributed by atoms with Gasteiger partial charge in [-0.3, -0.25) is 0 Å². The topological polar surface area (TPSA) is 9.23 Å².